The van der Waals surface area contributed by atoms with E-state index in [4.69, 9.17) is 14.2 Å². The lowest BCUT2D eigenvalue weighted by Gasteiger charge is -2.15. The van der Waals surface area contributed by atoms with Gasteiger partial charge in [0.2, 0.25) is 0 Å². The quantitative estimate of drug-likeness (QED) is 0.130. The minimum absolute atomic E-state index is 0.122. The van der Waals surface area contributed by atoms with Crippen LogP contribution in [0.4, 0.5) is 17.6 Å². The molecule has 5 nitrogen and oxygen atoms in total. The number of alkyl halides is 3. The van der Waals surface area contributed by atoms with Gasteiger partial charge in [0.1, 0.15) is 25.2 Å². The van der Waals surface area contributed by atoms with Gasteiger partial charge in [-0.1, -0.05) is 17.3 Å². The zero-order valence-corrected chi connectivity index (χ0v) is 19.0. The number of benzene rings is 2. The Morgan fingerprint density at radius 3 is 2.24 bits per heavy atom. The minimum atomic E-state index is -4.78. The smallest absolute Gasteiger partial charge is 0.437 e. The molecule has 2 rings (SSSR count). The van der Waals surface area contributed by atoms with Gasteiger partial charge in [0.15, 0.2) is 17.3 Å². The molecule has 0 N–H and O–H groups in total. The zero-order valence-electron chi connectivity index (χ0n) is 19.0. The SMILES string of the molecule is C/C=C/COc1cc(C)c(OCCCOc2ccc(/C(=N/OC)C(F)(F)F)cc2F)c(C)c1. The van der Waals surface area contributed by atoms with Crippen molar-refractivity contribution in [3.05, 3.63) is 65.0 Å². The van der Waals surface area contributed by atoms with Crippen LogP contribution >= 0.6 is 0 Å². The highest BCUT2D eigenvalue weighted by Gasteiger charge is 2.38. The maximum Gasteiger partial charge on any atom is 0.437 e. The maximum atomic E-state index is 14.2. The van der Waals surface area contributed by atoms with Crippen molar-refractivity contribution in [3.63, 3.8) is 0 Å². The molecule has 0 aliphatic carbocycles. The molecule has 2 aromatic carbocycles. The van der Waals surface area contributed by atoms with Crippen molar-refractivity contribution in [2.75, 3.05) is 26.9 Å². The zero-order chi connectivity index (χ0) is 24.4. The summed E-state index contributed by atoms with van der Waals surface area (Å²) in [6.07, 6.45) is -0.517. The van der Waals surface area contributed by atoms with Gasteiger partial charge in [0.25, 0.3) is 0 Å². The van der Waals surface area contributed by atoms with Crippen LogP contribution in [0, 0.1) is 19.7 Å². The first kappa shape index (κ1) is 26.0. The average molecular weight is 469 g/mol. The van der Waals surface area contributed by atoms with Gasteiger partial charge >= 0.3 is 6.18 Å². The Bertz CT molecular complexity index is 964. The van der Waals surface area contributed by atoms with Crippen LogP contribution in [0.25, 0.3) is 0 Å². The fourth-order valence-corrected chi connectivity index (χ4v) is 3.00. The van der Waals surface area contributed by atoms with Crippen molar-refractivity contribution in [2.24, 2.45) is 5.16 Å². The number of allylic oxidation sites excluding steroid dienone is 1. The third-order valence-electron chi connectivity index (χ3n) is 4.46. The van der Waals surface area contributed by atoms with Crippen LogP contribution < -0.4 is 14.2 Å². The Morgan fingerprint density at radius 2 is 1.67 bits per heavy atom. The number of aryl methyl sites for hydroxylation is 2. The van der Waals surface area contributed by atoms with Gasteiger partial charge in [0.05, 0.1) is 13.2 Å². The Labute approximate surface area is 190 Å². The molecule has 0 aliphatic rings. The molecule has 180 valence electrons. The van der Waals surface area contributed by atoms with E-state index in [0.29, 0.717) is 25.7 Å². The summed E-state index contributed by atoms with van der Waals surface area (Å²) in [5, 5.41) is 2.95. The minimum Gasteiger partial charge on any atom is -0.493 e. The van der Waals surface area contributed by atoms with Crippen LogP contribution in [-0.4, -0.2) is 38.8 Å². The van der Waals surface area contributed by atoms with E-state index in [2.05, 4.69) is 9.99 Å². The summed E-state index contributed by atoms with van der Waals surface area (Å²) >= 11 is 0. The third-order valence-corrected chi connectivity index (χ3v) is 4.46. The summed E-state index contributed by atoms with van der Waals surface area (Å²) in [5.74, 6) is 0.400. The van der Waals surface area contributed by atoms with Crippen LogP contribution in [0.1, 0.15) is 30.0 Å². The molecule has 0 unspecified atom stereocenters. The number of ether oxygens (including phenoxy) is 3. The summed E-state index contributed by atoms with van der Waals surface area (Å²) in [4.78, 5) is 4.22. The van der Waals surface area contributed by atoms with E-state index in [1.165, 1.54) is 0 Å². The third kappa shape index (κ3) is 7.69. The van der Waals surface area contributed by atoms with E-state index in [1.54, 1.807) is 0 Å². The van der Waals surface area contributed by atoms with Gasteiger partial charge in [-0.25, -0.2) is 4.39 Å². The number of hydrogen-bond donors (Lipinski definition) is 0. The molecule has 0 fully saturated rings. The molecular formula is C24H27F4NO4. The average Bonchev–Trinajstić information content (AvgIpc) is 2.73. The molecule has 0 aliphatic heterocycles. The molecule has 0 amide bonds. The number of hydrogen-bond acceptors (Lipinski definition) is 5. The fraction of sp³-hybridized carbons (Fsp3) is 0.375. The van der Waals surface area contributed by atoms with Crippen LogP contribution in [0.3, 0.4) is 0 Å². The topological polar surface area (TPSA) is 49.3 Å². The highest BCUT2D eigenvalue weighted by molar-refractivity contribution is 6.04. The van der Waals surface area contributed by atoms with E-state index < -0.39 is 23.3 Å². The summed E-state index contributed by atoms with van der Waals surface area (Å²) in [5.41, 5.74) is 0.0620. The van der Waals surface area contributed by atoms with Gasteiger partial charge in [-0.15, -0.1) is 0 Å². The van der Waals surface area contributed by atoms with Crippen molar-refractivity contribution < 1.29 is 36.6 Å². The van der Waals surface area contributed by atoms with Gasteiger partial charge in [-0.05, 0) is 62.2 Å². The van der Waals surface area contributed by atoms with Crippen LogP contribution in [0.15, 0.2) is 47.6 Å². The fourth-order valence-electron chi connectivity index (χ4n) is 3.00. The lowest BCUT2D eigenvalue weighted by atomic mass is 10.1. The Kier molecular flexibility index (Phi) is 9.57. The summed E-state index contributed by atoms with van der Waals surface area (Å²) < 4.78 is 70.1. The number of halogens is 4. The molecule has 0 bridgehead atoms. The second kappa shape index (κ2) is 12.1. The van der Waals surface area contributed by atoms with Crippen molar-refractivity contribution >= 4 is 5.71 Å². The van der Waals surface area contributed by atoms with Crippen molar-refractivity contribution in [1.29, 1.82) is 0 Å². The standard InChI is InChI=1S/C24H27F4NO4/c1-5-6-10-31-19-13-16(2)22(17(3)14-19)33-12-7-11-32-21-9-8-18(15-20(21)25)23(29-30-4)24(26,27)28/h5-6,8-9,13-15H,7,10-12H2,1-4H3/b6-5+,29-23-. The van der Waals surface area contributed by atoms with Crippen molar-refractivity contribution in [2.45, 2.75) is 33.4 Å². The van der Waals surface area contributed by atoms with E-state index in [0.717, 1.165) is 41.9 Å². The molecule has 0 radical (unpaired) electrons. The Morgan fingerprint density at radius 1 is 1.00 bits per heavy atom. The summed E-state index contributed by atoms with van der Waals surface area (Å²) in [6, 6.07) is 6.70. The van der Waals surface area contributed by atoms with E-state index in [9.17, 15) is 17.6 Å². The molecule has 0 saturated heterocycles. The monoisotopic (exact) mass is 469 g/mol. The first-order valence-electron chi connectivity index (χ1n) is 10.3. The van der Waals surface area contributed by atoms with Crippen molar-refractivity contribution in [3.8, 4) is 17.2 Å². The lowest BCUT2D eigenvalue weighted by molar-refractivity contribution is -0.0608. The van der Waals surface area contributed by atoms with Crippen molar-refractivity contribution in [1.82, 2.24) is 0 Å². The van der Waals surface area contributed by atoms with Crippen LogP contribution in [-0.2, 0) is 4.84 Å². The predicted octanol–water partition coefficient (Wildman–Crippen LogP) is 6.16. The summed E-state index contributed by atoms with van der Waals surface area (Å²) in [7, 11) is 0.984. The number of oxime groups is 1. The first-order valence-corrected chi connectivity index (χ1v) is 10.3. The maximum absolute atomic E-state index is 14.2. The van der Waals surface area contributed by atoms with Crippen LogP contribution in [0.5, 0.6) is 17.2 Å². The normalized spacial score (nSPS) is 12.2. The van der Waals surface area contributed by atoms with Gasteiger partial charge in [-0.2, -0.15) is 13.2 Å². The molecule has 9 heteroatoms. The van der Waals surface area contributed by atoms with Gasteiger partial charge < -0.3 is 19.0 Å². The first-order chi connectivity index (χ1) is 15.7. The Balaban J connectivity index is 1.90. The molecule has 0 aromatic heterocycles. The van der Waals surface area contributed by atoms with Crippen LogP contribution in [0.2, 0.25) is 0 Å². The van der Waals surface area contributed by atoms with Gasteiger partial charge in [-0.3, -0.25) is 0 Å². The molecule has 0 atom stereocenters. The molecule has 0 saturated carbocycles. The van der Waals surface area contributed by atoms with E-state index >= 15 is 0 Å². The molecule has 2 aromatic rings. The highest BCUT2D eigenvalue weighted by atomic mass is 19.4. The molecule has 0 heterocycles. The van der Waals surface area contributed by atoms with E-state index in [-0.39, 0.29) is 12.4 Å². The molecule has 33 heavy (non-hydrogen) atoms. The summed E-state index contributed by atoms with van der Waals surface area (Å²) in [6.45, 7) is 6.68. The number of nitrogens with zero attached hydrogens (tertiary/aromatic N) is 1. The largest absolute Gasteiger partial charge is 0.493 e. The predicted molar refractivity (Wildman–Crippen MR) is 118 cm³/mol. The second-order valence-electron chi connectivity index (χ2n) is 7.08. The van der Waals surface area contributed by atoms with E-state index in [1.807, 2.05) is 45.1 Å². The molecule has 0 spiro atoms. The highest BCUT2D eigenvalue weighted by Crippen LogP contribution is 2.29. The number of rotatable bonds is 11. The lowest BCUT2D eigenvalue weighted by Crippen LogP contribution is -2.24. The molecular weight excluding hydrogens is 442 g/mol. The Hall–Kier alpha value is -3.23. The van der Waals surface area contributed by atoms with Gasteiger partial charge in [0, 0.05) is 12.0 Å². The second-order valence-corrected chi connectivity index (χ2v) is 7.08.